The van der Waals surface area contributed by atoms with Gasteiger partial charge in [-0.25, -0.2) is 0 Å². The van der Waals surface area contributed by atoms with Gasteiger partial charge in [-0.3, -0.25) is 0 Å². The fourth-order valence-electron chi connectivity index (χ4n) is 1.66. The summed E-state index contributed by atoms with van der Waals surface area (Å²) < 4.78 is 1.10. The average Bonchev–Trinajstić information content (AvgIpc) is 2.32. The first-order valence-corrected chi connectivity index (χ1v) is 6.60. The van der Waals surface area contributed by atoms with E-state index in [9.17, 15) is 0 Å². The molecule has 0 fully saturated rings. The van der Waals surface area contributed by atoms with Gasteiger partial charge in [0.25, 0.3) is 0 Å². The fraction of sp³-hybridized carbons (Fsp3) is 0.143. The lowest BCUT2D eigenvalue weighted by Crippen LogP contribution is -2.06. The highest BCUT2D eigenvalue weighted by Gasteiger charge is 2.05. The third-order valence-electron chi connectivity index (χ3n) is 2.58. The van der Waals surface area contributed by atoms with E-state index in [-0.39, 0.29) is 6.04 Å². The molecule has 1 unspecified atom stereocenters. The molecule has 1 nitrogen and oxygen atoms in total. The lowest BCUT2D eigenvalue weighted by molar-refractivity contribution is 0.884. The standard InChI is InChI=1S/C14H13BrClN/c1-10(11-3-2-4-12(15)9-11)17-14-7-5-13(16)6-8-14/h2-10,17H,1H3. The summed E-state index contributed by atoms with van der Waals surface area (Å²) in [5.74, 6) is 0. The highest BCUT2D eigenvalue weighted by atomic mass is 79.9. The lowest BCUT2D eigenvalue weighted by Gasteiger charge is -2.16. The topological polar surface area (TPSA) is 12.0 Å². The van der Waals surface area contributed by atoms with Crippen molar-refractivity contribution >= 4 is 33.2 Å². The number of benzene rings is 2. The fourth-order valence-corrected chi connectivity index (χ4v) is 2.20. The summed E-state index contributed by atoms with van der Waals surface area (Å²) in [6, 6.07) is 16.3. The first kappa shape index (κ1) is 12.5. The summed E-state index contributed by atoms with van der Waals surface area (Å²) in [6.07, 6.45) is 0. The molecule has 0 aliphatic carbocycles. The van der Waals surface area contributed by atoms with E-state index in [2.05, 4.69) is 40.3 Å². The normalized spacial score (nSPS) is 12.2. The maximum atomic E-state index is 5.85. The Bertz CT molecular complexity index is 496. The summed E-state index contributed by atoms with van der Waals surface area (Å²) in [4.78, 5) is 0. The molecule has 0 saturated carbocycles. The van der Waals surface area contributed by atoms with Gasteiger partial charge in [0, 0.05) is 21.2 Å². The van der Waals surface area contributed by atoms with E-state index in [0.29, 0.717) is 0 Å². The molecule has 0 aliphatic heterocycles. The van der Waals surface area contributed by atoms with Crippen molar-refractivity contribution in [2.24, 2.45) is 0 Å². The maximum Gasteiger partial charge on any atom is 0.0486 e. The molecule has 0 aliphatic rings. The number of halogens is 2. The predicted molar refractivity (Wildman–Crippen MR) is 77.6 cm³/mol. The van der Waals surface area contributed by atoms with E-state index in [1.807, 2.05) is 36.4 Å². The Labute approximate surface area is 115 Å². The zero-order valence-corrected chi connectivity index (χ0v) is 11.8. The predicted octanol–water partition coefficient (Wildman–Crippen LogP) is 5.28. The minimum Gasteiger partial charge on any atom is -0.379 e. The van der Waals surface area contributed by atoms with Crippen LogP contribution in [0.15, 0.2) is 53.0 Å². The van der Waals surface area contributed by atoms with Crippen molar-refractivity contribution in [3.8, 4) is 0 Å². The Morgan fingerprint density at radius 2 is 1.82 bits per heavy atom. The Kier molecular flexibility index (Phi) is 4.08. The van der Waals surface area contributed by atoms with Crippen LogP contribution >= 0.6 is 27.5 Å². The smallest absolute Gasteiger partial charge is 0.0486 e. The van der Waals surface area contributed by atoms with Crippen molar-refractivity contribution in [2.45, 2.75) is 13.0 Å². The van der Waals surface area contributed by atoms with Crippen LogP contribution in [0.25, 0.3) is 0 Å². The van der Waals surface area contributed by atoms with Crippen molar-refractivity contribution in [2.75, 3.05) is 5.32 Å². The zero-order chi connectivity index (χ0) is 12.3. The third-order valence-corrected chi connectivity index (χ3v) is 3.32. The molecule has 2 aromatic rings. The van der Waals surface area contributed by atoms with Gasteiger partial charge in [0.05, 0.1) is 0 Å². The van der Waals surface area contributed by atoms with Gasteiger partial charge in [-0.2, -0.15) is 0 Å². The summed E-state index contributed by atoms with van der Waals surface area (Å²) >= 11 is 9.33. The van der Waals surface area contributed by atoms with Gasteiger partial charge < -0.3 is 5.32 Å². The molecule has 0 aromatic heterocycles. The second kappa shape index (κ2) is 5.56. The van der Waals surface area contributed by atoms with Crippen LogP contribution in [0.3, 0.4) is 0 Å². The summed E-state index contributed by atoms with van der Waals surface area (Å²) in [5, 5.41) is 4.19. The van der Waals surface area contributed by atoms with Crippen LogP contribution in [-0.4, -0.2) is 0 Å². The van der Waals surface area contributed by atoms with Crippen molar-refractivity contribution in [3.05, 3.63) is 63.6 Å². The summed E-state index contributed by atoms with van der Waals surface area (Å²) in [6.45, 7) is 2.14. The molecule has 0 spiro atoms. The zero-order valence-electron chi connectivity index (χ0n) is 9.45. The molecule has 88 valence electrons. The number of hydrogen-bond donors (Lipinski definition) is 1. The molecule has 0 saturated heterocycles. The quantitative estimate of drug-likeness (QED) is 0.813. The molecule has 1 N–H and O–H groups in total. The minimum absolute atomic E-state index is 0.258. The Morgan fingerprint density at radius 1 is 1.12 bits per heavy atom. The van der Waals surface area contributed by atoms with Gasteiger partial charge in [0.1, 0.15) is 0 Å². The second-order valence-electron chi connectivity index (χ2n) is 3.93. The van der Waals surface area contributed by atoms with E-state index < -0.39 is 0 Å². The van der Waals surface area contributed by atoms with E-state index >= 15 is 0 Å². The Balaban J connectivity index is 2.11. The highest BCUT2D eigenvalue weighted by Crippen LogP contribution is 2.22. The van der Waals surface area contributed by atoms with Crippen LogP contribution in [0, 0.1) is 0 Å². The van der Waals surface area contributed by atoms with Crippen LogP contribution in [0.4, 0.5) is 5.69 Å². The number of rotatable bonds is 3. The largest absolute Gasteiger partial charge is 0.379 e. The van der Waals surface area contributed by atoms with E-state index in [1.54, 1.807) is 0 Å². The van der Waals surface area contributed by atoms with Gasteiger partial charge >= 0.3 is 0 Å². The first-order chi connectivity index (χ1) is 8.15. The van der Waals surface area contributed by atoms with E-state index in [0.717, 1.165) is 15.2 Å². The molecule has 3 heteroatoms. The second-order valence-corrected chi connectivity index (χ2v) is 5.28. The summed E-state index contributed by atoms with van der Waals surface area (Å²) in [5.41, 5.74) is 2.32. The molecule has 0 radical (unpaired) electrons. The van der Waals surface area contributed by atoms with E-state index in [1.165, 1.54) is 5.56 Å². The van der Waals surface area contributed by atoms with Gasteiger partial charge in [-0.05, 0) is 48.9 Å². The molecule has 17 heavy (non-hydrogen) atoms. The molecule has 0 heterocycles. The number of anilines is 1. The van der Waals surface area contributed by atoms with E-state index in [4.69, 9.17) is 11.6 Å². The van der Waals surface area contributed by atoms with Crippen molar-refractivity contribution < 1.29 is 0 Å². The van der Waals surface area contributed by atoms with Crippen molar-refractivity contribution in [3.63, 3.8) is 0 Å². The maximum absolute atomic E-state index is 5.85. The minimum atomic E-state index is 0.258. The molecular formula is C14H13BrClN. The SMILES string of the molecule is CC(Nc1ccc(Cl)cc1)c1cccc(Br)c1. The van der Waals surface area contributed by atoms with Gasteiger partial charge in [-0.15, -0.1) is 0 Å². The van der Waals surface area contributed by atoms with Gasteiger partial charge in [0.15, 0.2) is 0 Å². The molecule has 1 atom stereocenters. The highest BCUT2D eigenvalue weighted by molar-refractivity contribution is 9.10. The van der Waals surface area contributed by atoms with Crippen LogP contribution in [0.2, 0.25) is 5.02 Å². The van der Waals surface area contributed by atoms with Crippen LogP contribution in [-0.2, 0) is 0 Å². The molecule has 2 rings (SSSR count). The third kappa shape index (κ3) is 3.48. The number of hydrogen-bond acceptors (Lipinski definition) is 1. The van der Waals surface area contributed by atoms with Crippen molar-refractivity contribution in [1.82, 2.24) is 0 Å². The average molecular weight is 311 g/mol. The van der Waals surface area contributed by atoms with Crippen LogP contribution in [0.5, 0.6) is 0 Å². The molecular weight excluding hydrogens is 298 g/mol. The first-order valence-electron chi connectivity index (χ1n) is 5.43. The van der Waals surface area contributed by atoms with Gasteiger partial charge in [-0.1, -0.05) is 39.7 Å². The monoisotopic (exact) mass is 309 g/mol. The van der Waals surface area contributed by atoms with Crippen LogP contribution < -0.4 is 5.32 Å². The van der Waals surface area contributed by atoms with Crippen molar-refractivity contribution in [1.29, 1.82) is 0 Å². The Hall–Kier alpha value is -0.990. The summed E-state index contributed by atoms with van der Waals surface area (Å²) in [7, 11) is 0. The molecule has 0 bridgehead atoms. The molecule has 0 amide bonds. The Morgan fingerprint density at radius 3 is 2.47 bits per heavy atom. The number of nitrogens with one attached hydrogen (secondary N) is 1. The molecule has 2 aromatic carbocycles. The van der Waals surface area contributed by atoms with Gasteiger partial charge in [0.2, 0.25) is 0 Å². The van der Waals surface area contributed by atoms with Crippen LogP contribution in [0.1, 0.15) is 18.5 Å². The lowest BCUT2D eigenvalue weighted by atomic mass is 10.1.